The third kappa shape index (κ3) is 3.95. The van der Waals surface area contributed by atoms with Crippen molar-refractivity contribution >= 4 is 23.9 Å². The van der Waals surface area contributed by atoms with Gasteiger partial charge in [-0.3, -0.25) is 4.79 Å². The number of fused-ring (bicyclic) bond motifs is 3. The maximum Gasteiger partial charge on any atom is 0.341 e. The molecule has 0 spiro atoms. The molecule has 0 aromatic carbocycles. The summed E-state index contributed by atoms with van der Waals surface area (Å²) in [5.41, 5.74) is -1.77. The van der Waals surface area contributed by atoms with Crippen molar-refractivity contribution in [3.63, 3.8) is 0 Å². The Kier molecular flexibility index (Phi) is 5.65. The third-order valence-electron chi connectivity index (χ3n) is 6.97. The predicted molar refractivity (Wildman–Crippen MR) is 110 cm³/mol. The van der Waals surface area contributed by atoms with Gasteiger partial charge in [0.25, 0.3) is 0 Å². The van der Waals surface area contributed by atoms with Gasteiger partial charge in [-0.05, 0) is 33.6 Å². The molecule has 33 heavy (non-hydrogen) atoms. The van der Waals surface area contributed by atoms with Crippen LogP contribution in [0, 0.1) is 5.92 Å². The summed E-state index contributed by atoms with van der Waals surface area (Å²) in [7, 11) is 1.19. The van der Waals surface area contributed by atoms with Crippen LogP contribution in [0.3, 0.4) is 0 Å². The van der Waals surface area contributed by atoms with Crippen molar-refractivity contribution in [2.45, 2.75) is 82.3 Å². The van der Waals surface area contributed by atoms with E-state index in [2.05, 4.69) is 6.58 Å². The molecule has 4 aliphatic rings. The minimum atomic E-state index is -1.39. The molecule has 180 valence electrons. The fourth-order valence-electron chi connectivity index (χ4n) is 4.66. The third-order valence-corrected chi connectivity index (χ3v) is 6.97. The molecule has 3 aliphatic heterocycles. The van der Waals surface area contributed by atoms with Crippen LogP contribution in [0.2, 0.25) is 0 Å². The van der Waals surface area contributed by atoms with Gasteiger partial charge >= 0.3 is 23.9 Å². The van der Waals surface area contributed by atoms with Crippen molar-refractivity contribution in [3.05, 3.63) is 23.8 Å². The maximum atomic E-state index is 13.0. The predicted octanol–water partition coefficient (Wildman–Crippen LogP) is 1.16. The van der Waals surface area contributed by atoms with Crippen molar-refractivity contribution in [2.24, 2.45) is 5.92 Å². The Morgan fingerprint density at radius 2 is 1.85 bits per heavy atom. The molecule has 0 aromatic heterocycles. The average Bonchev–Trinajstić information content (AvgIpc) is 3.57. The summed E-state index contributed by atoms with van der Waals surface area (Å²) in [6.07, 6.45) is -1.86. The van der Waals surface area contributed by atoms with Gasteiger partial charge in [0.15, 0.2) is 17.8 Å². The van der Waals surface area contributed by atoms with Gasteiger partial charge in [0.05, 0.1) is 30.3 Å². The van der Waals surface area contributed by atoms with Crippen LogP contribution >= 0.6 is 0 Å². The molecule has 0 amide bonds. The van der Waals surface area contributed by atoms with E-state index in [1.807, 2.05) is 6.92 Å². The molecule has 4 rings (SSSR count). The summed E-state index contributed by atoms with van der Waals surface area (Å²) in [5.74, 6) is -3.77. The standard InChI is InChI=1S/C23H28O10/c1-10-14-16(29-12(3)24)15(31-21(27)23(5)11(2)32-23)13(20(26)28-6)8-7-9-22(4)18(33-22)17(14)30-19(10)25/h8,11,14-18H,1,7,9H2,2-6H3/b13-8-/t11-,14-,15+,16+,17+,18+,22-,23-/m1/s1. The highest BCUT2D eigenvalue weighted by Crippen LogP contribution is 2.51. The number of hydrogen-bond donors (Lipinski definition) is 0. The molecule has 0 saturated carbocycles. The second kappa shape index (κ2) is 7.95. The first-order valence-electron chi connectivity index (χ1n) is 10.8. The fourth-order valence-corrected chi connectivity index (χ4v) is 4.66. The van der Waals surface area contributed by atoms with Gasteiger partial charge in [-0.2, -0.15) is 0 Å². The molecular formula is C23H28O10. The van der Waals surface area contributed by atoms with E-state index in [9.17, 15) is 19.2 Å². The molecule has 10 nitrogen and oxygen atoms in total. The van der Waals surface area contributed by atoms with E-state index in [0.717, 1.165) is 0 Å². The number of rotatable bonds is 4. The number of allylic oxidation sites excluding steroid dienone is 1. The molecule has 3 saturated heterocycles. The van der Waals surface area contributed by atoms with Gasteiger partial charge in [-0.15, -0.1) is 0 Å². The van der Waals surface area contributed by atoms with Gasteiger partial charge in [0.2, 0.25) is 0 Å². The van der Waals surface area contributed by atoms with E-state index in [4.69, 9.17) is 28.4 Å². The molecule has 3 fully saturated rings. The summed E-state index contributed by atoms with van der Waals surface area (Å²) >= 11 is 0. The number of ether oxygens (including phenoxy) is 6. The highest BCUT2D eigenvalue weighted by Gasteiger charge is 2.65. The molecule has 10 heteroatoms. The summed E-state index contributed by atoms with van der Waals surface area (Å²) in [6.45, 7) is 10.2. The summed E-state index contributed by atoms with van der Waals surface area (Å²) in [6, 6.07) is 0. The van der Waals surface area contributed by atoms with Gasteiger partial charge in [-0.1, -0.05) is 12.7 Å². The topological polar surface area (TPSA) is 130 Å². The Labute approximate surface area is 191 Å². The Balaban J connectivity index is 1.82. The SMILES string of the molecule is C=C1C(=O)O[C@H]2[C@H]1[C@H](OC(C)=O)[C@@H](OC(=O)[C@]1(C)O[C@@H]1C)/C(C(=O)OC)=C/CC[C@@]1(C)O[C@@H]21. The van der Waals surface area contributed by atoms with Crippen molar-refractivity contribution in [2.75, 3.05) is 7.11 Å². The van der Waals surface area contributed by atoms with Crippen molar-refractivity contribution in [1.29, 1.82) is 0 Å². The minimum absolute atomic E-state index is 0.0115. The quantitative estimate of drug-likeness (QED) is 0.258. The van der Waals surface area contributed by atoms with Crippen molar-refractivity contribution in [1.82, 2.24) is 0 Å². The van der Waals surface area contributed by atoms with E-state index in [-0.39, 0.29) is 17.3 Å². The summed E-state index contributed by atoms with van der Waals surface area (Å²) in [5, 5.41) is 0. The molecule has 1 aliphatic carbocycles. The van der Waals surface area contributed by atoms with Crippen molar-refractivity contribution in [3.8, 4) is 0 Å². The number of carbonyl (C=O) groups is 4. The number of carbonyl (C=O) groups excluding carboxylic acids is 4. The number of esters is 4. The lowest BCUT2D eigenvalue weighted by molar-refractivity contribution is -0.174. The highest BCUT2D eigenvalue weighted by molar-refractivity contribution is 5.93. The molecule has 0 radical (unpaired) electrons. The fraction of sp³-hybridized carbons (Fsp3) is 0.652. The molecule has 0 aromatic rings. The van der Waals surface area contributed by atoms with Gasteiger partial charge < -0.3 is 28.4 Å². The largest absolute Gasteiger partial charge is 0.466 e. The zero-order valence-electron chi connectivity index (χ0n) is 19.2. The van der Waals surface area contributed by atoms with E-state index >= 15 is 0 Å². The lowest BCUT2D eigenvalue weighted by Gasteiger charge is -2.34. The van der Waals surface area contributed by atoms with Gasteiger partial charge in [0.1, 0.15) is 12.2 Å². The van der Waals surface area contributed by atoms with Crippen LogP contribution in [0.1, 0.15) is 40.5 Å². The first kappa shape index (κ1) is 23.4. The van der Waals surface area contributed by atoms with E-state index in [1.54, 1.807) is 19.9 Å². The molecule has 0 bridgehead atoms. The normalized spacial score (nSPS) is 43.1. The van der Waals surface area contributed by atoms with E-state index < -0.39 is 65.4 Å². The van der Waals surface area contributed by atoms with Gasteiger partial charge in [-0.25, -0.2) is 14.4 Å². The first-order chi connectivity index (χ1) is 15.4. The first-order valence-corrected chi connectivity index (χ1v) is 10.8. The Hall–Kier alpha value is -2.72. The van der Waals surface area contributed by atoms with E-state index in [1.165, 1.54) is 14.0 Å². The number of methoxy groups -OCH3 is 1. The lowest BCUT2D eigenvalue weighted by atomic mass is 9.80. The number of epoxide rings is 2. The highest BCUT2D eigenvalue weighted by atomic mass is 16.7. The van der Waals surface area contributed by atoms with Crippen LogP contribution < -0.4 is 0 Å². The van der Waals surface area contributed by atoms with Crippen molar-refractivity contribution < 1.29 is 47.6 Å². The molecular weight excluding hydrogens is 436 g/mol. The van der Waals surface area contributed by atoms with E-state index in [0.29, 0.717) is 12.8 Å². The van der Waals surface area contributed by atoms with Gasteiger partial charge in [0, 0.05) is 12.5 Å². The summed E-state index contributed by atoms with van der Waals surface area (Å²) < 4.78 is 33.1. The number of hydrogen-bond acceptors (Lipinski definition) is 10. The molecule has 0 unspecified atom stereocenters. The average molecular weight is 464 g/mol. The molecule has 0 N–H and O–H groups in total. The van der Waals surface area contributed by atoms with Crippen LogP contribution in [0.4, 0.5) is 0 Å². The Morgan fingerprint density at radius 1 is 1.18 bits per heavy atom. The second-order valence-electron chi connectivity index (χ2n) is 9.23. The van der Waals surface area contributed by atoms with Crippen LogP contribution in [-0.4, -0.2) is 72.7 Å². The summed E-state index contributed by atoms with van der Waals surface area (Å²) in [4.78, 5) is 50.4. The van der Waals surface area contributed by atoms with Crippen LogP contribution in [0.25, 0.3) is 0 Å². The molecule has 3 heterocycles. The van der Waals surface area contributed by atoms with Crippen LogP contribution in [-0.2, 0) is 47.6 Å². The van der Waals surface area contributed by atoms with Crippen LogP contribution in [0.5, 0.6) is 0 Å². The zero-order chi connectivity index (χ0) is 24.3. The minimum Gasteiger partial charge on any atom is -0.466 e. The lowest BCUT2D eigenvalue weighted by Crippen LogP contribution is -2.49. The Morgan fingerprint density at radius 3 is 2.42 bits per heavy atom. The van der Waals surface area contributed by atoms with Crippen LogP contribution in [0.15, 0.2) is 23.8 Å². The smallest absolute Gasteiger partial charge is 0.341 e. The zero-order valence-corrected chi connectivity index (χ0v) is 19.2. The molecule has 8 atom stereocenters. The second-order valence-corrected chi connectivity index (χ2v) is 9.23. The maximum absolute atomic E-state index is 13.0. The Bertz CT molecular complexity index is 953. The monoisotopic (exact) mass is 464 g/mol.